The predicted octanol–water partition coefficient (Wildman–Crippen LogP) is 1.45. The van der Waals surface area contributed by atoms with Gasteiger partial charge in [-0.05, 0) is 19.8 Å². The second-order valence-corrected chi connectivity index (χ2v) is 1.45. The third-order valence-corrected chi connectivity index (χ3v) is 0.670. The van der Waals surface area contributed by atoms with Crippen molar-refractivity contribution in [2.75, 3.05) is 0 Å². The van der Waals surface area contributed by atoms with Crippen LogP contribution in [0.3, 0.4) is 0 Å². The van der Waals surface area contributed by atoms with Crippen LogP contribution < -0.4 is 0 Å². The molecule has 7 heavy (non-hydrogen) atoms. The van der Waals surface area contributed by atoms with E-state index >= 15 is 0 Å². The van der Waals surface area contributed by atoms with Gasteiger partial charge in [-0.2, -0.15) is 0 Å². The van der Waals surface area contributed by atoms with E-state index in [1.807, 2.05) is 13.3 Å². The average Bonchev–Trinajstić information content (AvgIpc) is 1.68. The van der Waals surface area contributed by atoms with Crippen LogP contribution in [0.15, 0.2) is 5.16 Å². The van der Waals surface area contributed by atoms with E-state index < -0.39 is 0 Å². The molecule has 2 heteroatoms. The first-order valence-corrected chi connectivity index (χ1v) is 2.26. The summed E-state index contributed by atoms with van der Waals surface area (Å²) in [7, 11) is 0. The van der Waals surface area contributed by atoms with Gasteiger partial charge in [0.15, 0.2) is 0 Å². The van der Waals surface area contributed by atoms with Crippen molar-refractivity contribution in [1.82, 2.24) is 0 Å². The lowest BCUT2D eigenvalue weighted by molar-refractivity contribution is 0.317. The minimum atomic E-state index is 0.752. The molecular weight excluding hydrogens is 90.1 g/mol. The Morgan fingerprint density at radius 2 is 2.43 bits per heavy atom. The van der Waals surface area contributed by atoms with Gasteiger partial charge in [0.25, 0.3) is 0 Å². The van der Waals surface area contributed by atoms with Gasteiger partial charge >= 0.3 is 0 Å². The first kappa shape index (κ1) is 6.47. The summed E-state index contributed by atoms with van der Waals surface area (Å²) in [6.07, 6.45) is 2.71. The molecule has 0 saturated carbocycles. The fourth-order valence-electron chi connectivity index (χ4n) is 0.336. The monoisotopic (exact) mass is 100 g/mol. The van der Waals surface area contributed by atoms with Crippen LogP contribution in [0.1, 0.15) is 20.3 Å². The lowest BCUT2D eigenvalue weighted by Crippen LogP contribution is -1.87. The first-order chi connectivity index (χ1) is 3.31. The molecule has 0 aliphatic heterocycles. The van der Waals surface area contributed by atoms with Gasteiger partial charge in [-0.3, -0.25) is 0 Å². The van der Waals surface area contributed by atoms with Crippen molar-refractivity contribution in [2.45, 2.75) is 20.3 Å². The van der Waals surface area contributed by atoms with Crippen molar-refractivity contribution >= 4 is 5.71 Å². The van der Waals surface area contributed by atoms with Crippen LogP contribution in [0.2, 0.25) is 0 Å². The maximum atomic E-state index is 8.03. The van der Waals surface area contributed by atoms with E-state index in [1.165, 1.54) is 0 Å². The van der Waals surface area contributed by atoms with Crippen LogP contribution in [0, 0.1) is 6.42 Å². The molecule has 0 aliphatic carbocycles. The number of hydrogen-bond acceptors (Lipinski definition) is 2. The van der Waals surface area contributed by atoms with Crippen molar-refractivity contribution in [1.29, 1.82) is 0 Å². The summed E-state index contributed by atoms with van der Waals surface area (Å²) < 4.78 is 0. The van der Waals surface area contributed by atoms with E-state index in [2.05, 4.69) is 5.16 Å². The molecule has 0 spiro atoms. The molecule has 41 valence electrons. The van der Waals surface area contributed by atoms with Gasteiger partial charge in [-0.1, -0.05) is 12.1 Å². The molecule has 0 heterocycles. The molecule has 0 aromatic carbocycles. The highest BCUT2D eigenvalue weighted by atomic mass is 16.4. The van der Waals surface area contributed by atoms with Gasteiger partial charge in [0.05, 0.1) is 5.71 Å². The average molecular weight is 100 g/mol. The van der Waals surface area contributed by atoms with Crippen LogP contribution in [-0.2, 0) is 0 Å². The topological polar surface area (TPSA) is 32.6 Å². The number of rotatable bonds is 2. The Hall–Kier alpha value is -0.530. The molecule has 0 rings (SSSR count). The molecule has 0 bridgehead atoms. The summed E-state index contributed by atoms with van der Waals surface area (Å²) in [5.41, 5.74) is 0.752. The molecule has 1 N–H and O–H groups in total. The fraction of sp³-hybridized carbons (Fsp3) is 0.600. The molecule has 0 fully saturated rings. The standard InChI is InChI=1S/C5H10NO/c1-3-4-5(2)6-7/h3,7H,4H2,1-2H3. The third-order valence-electron chi connectivity index (χ3n) is 0.670. The lowest BCUT2D eigenvalue weighted by Gasteiger charge is -1.87. The smallest absolute Gasteiger partial charge is 0.0542 e. The minimum Gasteiger partial charge on any atom is -0.411 e. The van der Waals surface area contributed by atoms with Crippen molar-refractivity contribution in [3.05, 3.63) is 6.42 Å². The Morgan fingerprint density at radius 3 is 2.57 bits per heavy atom. The van der Waals surface area contributed by atoms with E-state index in [0.29, 0.717) is 0 Å². The van der Waals surface area contributed by atoms with Crippen molar-refractivity contribution in [3.63, 3.8) is 0 Å². The molecule has 0 aliphatic rings. The van der Waals surface area contributed by atoms with E-state index in [9.17, 15) is 0 Å². The summed E-state index contributed by atoms with van der Waals surface area (Å²) in [6, 6.07) is 0. The summed E-state index contributed by atoms with van der Waals surface area (Å²) in [4.78, 5) is 0. The molecule has 0 saturated heterocycles. The molecule has 0 unspecified atom stereocenters. The van der Waals surface area contributed by atoms with Crippen LogP contribution in [0.5, 0.6) is 0 Å². The number of hydrogen-bond donors (Lipinski definition) is 1. The van der Waals surface area contributed by atoms with Gasteiger partial charge in [-0.25, -0.2) is 0 Å². The van der Waals surface area contributed by atoms with E-state index in [0.717, 1.165) is 12.1 Å². The van der Waals surface area contributed by atoms with Gasteiger partial charge in [0.2, 0.25) is 0 Å². The van der Waals surface area contributed by atoms with Crippen LogP contribution in [0.25, 0.3) is 0 Å². The van der Waals surface area contributed by atoms with E-state index in [4.69, 9.17) is 5.21 Å². The van der Waals surface area contributed by atoms with Crippen LogP contribution >= 0.6 is 0 Å². The maximum absolute atomic E-state index is 8.03. The largest absolute Gasteiger partial charge is 0.411 e. The Labute approximate surface area is 43.8 Å². The summed E-state index contributed by atoms with van der Waals surface area (Å²) >= 11 is 0. The van der Waals surface area contributed by atoms with Crippen molar-refractivity contribution < 1.29 is 5.21 Å². The molecule has 0 aromatic rings. The third kappa shape index (κ3) is 3.30. The van der Waals surface area contributed by atoms with Gasteiger partial charge in [0.1, 0.15) is 0 Å². The number of nitrogens with zero attached hydrogens (tertiary/aromatic N) is 1. The highest BCUT2D eigenvalue weighted by Crippen LogP contribution is 1.86. The second-order valence-electron chi connectivity index (χ2n) is 1.45. The van der Waals surface area contributed by atoms with Crippen LogP contribution in [0.4, 0.5) is 0 Å². The Bertz CT molecular complexity index is 68.5. The minimum absolute atomic E-state index is 0.752. The second kappa shape index (κ2) is 3.65. The quantitative estimate of drug-likeness (QED) is 0.318. The number of oxime groups is 1. The maximum Gasteiger partial charge on any atom is 0.0542 e. The van der Waals surface area contributed by atoms with Crippen LogP contribution in [-0.4, -0.2) is 10.9 Å². The summed E-state index contributed by atoms with van der Waals surface area (Å²) in [5.74, 6) is 0. The van der Waals surface area contributed by atoms with E-state index in [-0.39, 0.29) is 0 Å². The summed E-state index contributed by atoms with van der Waals surface area (Å²) in [6.45, 7) is 3.70. The molecular formula is C5H10NO. The summed E-state index contributed by atoms with van der Waals surface area (Å²) in [5, 5.41) is 11.0. The molecule has 1 radical (unpaired) electrons. The zero-order valence-corrected chi connectivity index (χ0v) is 4.68. The highest BCUT2D eigenvalue weighted by molar-refractivity contribution is 5.82. The van der Waals surface area contributed by atoms with Gasteiger partial charge < -0.3 is 5.21 Å². The Kier molecular flexibility index (Phi) is 3.38. The molecule has 0 amide bonds. The van der Waals surface area contributed by atoms with Gasteiger partial charge in [-0.15, -0.1) is 0 Å². The van der Waals surface area contributed by atoms with Gasteiger partial charge in [0, 0.05) is 0 Å². The molecule has 0 atom stereocenters. The predicted molar refractivity (Wildman–Crippen MR) is 29.5 cm³/mol. The van der Waals surface area contributed by atoms with E-state index in [1.54, 1.807) is 6.92 Å². The Balaban J connectivity index is 3.17. The zero-order valence-electron chi connectivity index (χ0n) is 4.68. The normalized spacial score (nSPS) is 12.0. The molecule has 2 nitrogen and oxygen atoms in total. The SMILES string of the molecule is C[CH]CC(C)=NO. The van der Waals surface area contributed by atoms with Crippen molar-refractivity contribution in [3.8, 4) is 0 Å². The highest BCUT2D eigenvalue weighted by Gasteiger charge is 1.84. The first-order valence-electron chi connectivity index (χ1n) is 2.26. The van der Waals surface area contributed by atoms with Crippen molar-refractivity contribution in [2.24, 2.45) is 5.16 Å². The fourth-order valence-corrected chi connectivity index (χ4v) is 0.336. The lowest BCUT2D eigenvalue weighted by atomic mass is 10.2. The Morgan fingerprint density at radius 1 is 1.86 bits per heavy atom. The zero-order chi connectivity index (χ0) is 5.70. The molecule has 0 aromatic heterocycles.